The highest BCUT2D eigenvalue weighted by atomic mass is 19.4. The molecule has 0 atom stereocenters. The number of likely N-dealkylation sites (tertiary alicyclic amines) is 1. The van der Waals surface area contributed by atoms with Gasteiger partial charge in [0.05, 0.1) is 19.2 Å². The molecular formula is C31H37F3N6O2. The molecule has 0 saturated carbocycles. The van der Waals surface area contributed by atoms with Crippen molar-refractivity contribution in [3.63, 3.8) is 0 Å². The van der Waals surface area contributed by atoms with E-state index < -0.39 is 11.7 Å². The standard InChI is InChI=1S/C31H37F3N6O2/c1-42-28-10-7-25(19-35-28)22-38-13-11-23(12-14-38)3-2-4-27-20-36-29(37-27)30(41)40-17-15-39(16-18-40)21-24-5-8-26(9-6-24)31(32,33)34/h2-10,19,23H,11-18,20-22H2,1H3,(H,36,37)/b3-2+,27-4+. The van der Waals surface area contributed by atoms with Crippen molar-refractivity contribution in [3.05, 3.63) is 83.2 Å². The summed E-state index contributed by atoms with van der Waals surface area (Å²) in [5.74, 6) is 1.41. The fourth-order valence-electron chi connectivity index (χ4n) is 5.44. The normalized spacial score (nSPS) is 20.2. The maximum absolute atomic E-state index is 13.0. The zero-order chi connectivity index (χ0) is 29.5. The van der Waals surface area contributed by atoms with E-state index >= 15 is 0 Å². The van der Waals surface area contributed by atoms with Gasteiger partial charge < -0.3 is 15.0 Å². The summed E-state index contributed by atoms with van der Waals surface area (Å²) < 4.78 is 43.5. The van der Waals surface area contributed by atoms with Crippen molar-refractivity contribution < 1.29 is 22.7 Å². The van der Waals surface area contributed by atoms with Crippen molar-refractivity contribution in [2.75, 3.05) is 52.9 Å². The lowest BCUT2D eigenvalue weighted by Crippen LogP contribution is -2.51. The van der Waals surface area contributed by atoms with Gasteiger partial charge in [-0.15, -0.1) is 0 Å². The Morgan fingerprint density at radius 3 is 2.29 bits per heavy atom. The molecule has 5 rings (SSSR count). The first-order valence-corrected chi connectivity index (χ1v) is 14.3. The van der Waals surface area contributed by atoms with E-state index in [0.717, 1.165) is 55.9 Å². The fourth-order valence-corrected chi connectivity index (χ4v) is 5.44. The van der Waals surface area contributed by atoms with Crippen LogP contribution >= 0.6 is 0 Å². The maximum Gasteiger partial charge on any atom is 0.416 e. The molecule has 2 aromatic rings. The number of nitrogens with zero attached hydrogens (tertiary/aromatic N) is 5. The molecule has 11 heteroatoms. The zero-order valence-electron chi connectivity index (χ0n) is 23.8. The third kappa shape index (κ3) is 7.98. The maximum atomic E-state index is 13.0. The number of rotatable bonds is 8. The molecule has 1 amide bonds. The summed E-state index contributed by atoms with van der Waals surface area (Å²) in [5.41, 5.74) is 2.27. The van der Waals surface area contributed by atoms with Crippen LogP contribution in [0.5, 0.6) is 5.88 Å². The number of ether oxygens (including phenoxy) is 1. The Hall–Kier alpha value is -3.70. The number of benzene rings is 1. The average Bonchev–Trinajstić information content (AvgIpc) is 3.47. The first-order valence-electron chi connectivity index (χ1n) is 14.3. The quantitative estimate of drug-likeness (QED) is 0.505. The summed E-state index contributed by atoms with van der Waals surface area (Å²) in [6, 6.07) is 9.23. The Morgan fingerprint density at radius 1 is 0.976 bits per heavy atom. The van der Waals surface area contributed by atoms with Crippen molar-refractivity contribution in [3.8, 4) is 5.88 Å². The van der Waals surface area contributed by atoms with Crippen molar-refractivity contribution in [1.82, 2.24) is 25.0 Å². The molecule has 42 heavy (non-hydrogen) atoms. The second kappa shape index (κ2) is 13.5. The van der Waals surface area contributed by atoms with Gasteiger partial charge in [-0.1, -0.05) is 30.4 Å². The largest absolute Gasteiger partial charge is 0.481 e. The molecule has 0 spiro atoms. The number of aliphatic imine (C=N–C) groups is 1. The number of pyridine rings is 1. The van der Waals surface area contributed by atoms with Crippen LogP contribution in [0.25, 0.3) is 0 Å². The molecule has 1 aromatic heterocycles. The Balaban J connectivity index is 1.01. The van der Waals surface area contributed by atoms with Crippen LogP contribution in [0, 0.1) is 5.92 Å². The lowest BCUT2D eigenvalue weighted by molar-refractivity contribution is -0.137. The second-order valence-corrected chi connectivity index (χ2v) is 11.0. The number of methoxy groups -OCH3 is 1. The highest BCUT2D eigenvalue weighted by molar-refractivity contribution is 6.38. The van der Waals surface area contributed by atoms with Gasteiger partial charge in [-0.2, -0.15) is 13.2 Å². The molecule has 1 N–H and O–H groups in total. The van der Waals surface area contributed by atoms with Crippen LogP contribution in [0.4, 0.5) is 13.2 Å². The van der Waals surface area contributed by atoms with Gasteiger partial charge in [0.25, 0.3) is 5.91 Å². The summed E-state index contributed by atoms with van der Waals surface area (Å²) in [7, 11) is 1.62. The van der Waals surface area contributed by atoms with E-state index in [1.807, 2.05) is 18.3 Å². The molecule has 0 unspecified atom stereocenters. The molecule has 0 radical (unpaired) electrons. The van der Waals surface area contributed by atoms with Gasteiger partial charge in [0, 0.05) is 57.2 Å². The lowest BCUT2D eigenvalue weighted by atomic mass is 9.96. The number of amides is 1. The van der Waals surface area contributed by atoms with Crippen molar-refractivity contribution in [2.45, 2.75) is 32.1 Å². The molecular weight excluding hydrogens is 545 g/mol. The number of piperidine rings is 1. The van der Waals surface area contributed by atoms with Crippen molar-refractivity contribution >= 4 is 11.7 Å². The number of hydrogen-bond donors (Lipinski definition) is 1. The zero-order valence-corrected chi connectivity index (χ0v) is 23.8. The molecule has 4 heterocycles. The van der Waals surface area contributed by atoms with E-state index in [1.165, 1.54) is 17.7 Å². The first-order chi connectivity index (χ1) is 20.3. The third-order valence-electron chi connectivity index (χ3n) is 7.96. The van der Waals surface area contributed by atoms with E-state index in [2.05, 4.69) is 43.3 Å². The number of alkyl halides is 3. The molecule has 2 fully saturated rings. The highest BCUT2D eigenvalue weighted by Gasteiger charge is 2.30. The van der Waals surface area contributed by atoms with Gasteiger partial charge in [-0.05, 0) is 61.2 Å². The Labute approximate surface area is 244 Å². The number of nitrogens with one attached hydrogen (secondary N) is 1. The molecule has 0 bridgehead atoms. The smallest absolute Gasteiger partial charge is 0.416 e. The van der Waals surface area contributed by atoms with Gasteiger partial charge in [0.15, 0.2) is 5.84 Å². The van der Waals surface area contributed by atoms with Gasteiger partial charge in [0.1, 0.15) is 0 Å². The molecule has 3 aliphatic rings. The van der Waals surface area contributed by atoms with E-state index in [0.29, 0.717) is 56.9 Å². The summed E-state index contributed by atoms with van der Waals surface area (Å²) >= 11 is 0. The van der Waals surface area contributed by atoms with Crippen molar-refractivity contribution in [1.29, 1.82) is 0 Å². The number of piperazine rings is 1. The second-order valence-electron chi connectivity index (χ2n) is 11.0. The Morgan fingerprint density at radius 2 is 1.64 bits per heavy atom. The molecule has 8 nitrogen and oxygen atoms in total. The van der Waals surface area contributed by atoms with Crippen LogP contribution in [0.15, 0.2) is 71.5 Å². The Bertz CT molecular complexity index is 1290. The summed E-state index contributed by atoms with van der Waals surface area (Å²) in [6.45, 7) is 6.38. The van der Waals surface area contributed by atoms with E-state index in [-0.39, 0.29) is 5.91 Å². The van der Waals surface area contributed by atoms with Crippen LogP contribution in [-0.2, 0) is 24.1 Å². The number of allylic oxidation sites excluding steroid dienone is 3. The van der Waals surface area contributed by atoms with Crippen molar-refractivity contribution in [2.24, 2.45) is 10.9 Å². The summed E-state index contributed by atoms with van der Waals surface area (Å²) in [6.07, 6.45) is 6.06. The van der Waals surface area contributed by atoms with E-state index in [1.54, 1.807) is 12.0 Å². The Kier molecular flexibility index (Phi) is 9.58. The molecule has 1 aromatic carbocycles. The van der Waals surface area contributed by atoms with Gasteiger partial charge >= 0.3 is 6.18 Å². The van der Waals surface area contributed by atoms with Gasteiger partial charge in [0.2, 0.25) is 5.88 Å². The molecule has 3 aliphatic heterocycles. The fraction of sp³-hybridized carbons (Fsp3) is 0.452. The van der Waals surface area contributed by atoms with Gasteiger partial charge in [-0.25, -0.2) is 4.98 Å². The lowest BCUT2D eigenvalue weighted by Gasteiger charge is -2.34. The monoisotopic (exact) mass is 582 g/mol. The van der Waals surface area contributed by atoms with Crippen LogP contribution < -0.4 is 10.1 Å². The number of aromatic nitrogens is 1. The number of halogens is 3. The van der Waals surface area contributed by atoms with E-state index in [4.69, 9.17) is 4.74 Å². The first kappa shape index (κ1) is 29.8. The SMILES string of the molecule is COc1ccc(CN2CCC(/C=C/C=C3\CN=C(C(=O)N4CCN(Cc5ccc(C(F)(F)F)cc5)CC4)N3)CC2)cn1. The number of amidine groups is 1. The van der Waals surface area contributed by atoms with Gasteiger partial charge in [-0.3, -0.25) is 19.6 Å². The minimum absolute atomic E-state index is 0.115. The number of carbonyl (C=O) groups is 1. The predicted octanol–water partition coefficient (Wildman–Crippen LogP) is 4.11. The molecule has 2 saturated heterocycles. The summed E-state index contributed by atoms with van der Waals surface area (Å²) in [4.78, 5) is 28.1. The number of carbonyl (C=O) groups excluding carboxylic acids is 1. The minimum atomic E-state index is -4.33. The van der Waals surface area contributed by atoms with Crippen LogP contribution in [-0.4, -0.2) is 84.3 Å². The van der Waals surface area contributed by atoms with Crippen LogP contribution in [0.1, 0.15) is 29.5 Å². The topological polar surface area (TPSA) is 73.3 Å². The van der Waals surface area contributed by atoms with E-state index in [9.17, 15) is 18.0 Å². The number of hydrogen-bond acceptors (Lipinski definition) is 7. The van der Waals surface area contributed by atoms with Crippen LogP contribution in [0.3, 0.4) is 0 Å². The average molecular weight is 583 g/mol. The summed E-state index contributed by atoms with van der Waals surface area (Å²) in [5, 5.41) is 3.18. The van der Waals surface area contributed by atoms with Crippen LogP contribution in [0.2, 0.25) is 0 Å². The predicted molar refractivity (Wildman–Crippen MR) is 155 cm³/mol. The minimum Gasteiger partial charge on any atom is -0.481 e. The molecule has 224 valence electrons. The molecule has 0 aliphatic carbocycles. The highest BCUT2D eigenvalue weighted by Crippen LogP contribution is 2.29. The third-order valence-corrected chi connectivity index (χ3v) is 7.96.